The molecule has 0 bridgehead atoms. The van der Waals surface area contributed by atoms with Crippen molar-refractivity contribution in [2.45, 2.75) is 110 Å². The lowest BCUT2D eigenvalue weighted by Crippen LogP contribution is -2.00. The molecule has 0 fully saturated rings. The smallest absolute Gasteiger partial charge is 0.0336 e. The van der Waals surface area contributed by atoms with Gasteiger partial charge in [0.2, 0.25) is 0 Å². The van der Waals surface area contributed by atoms with Crippen molar-refractivity contribution in [1.82, 2.24) is 0 Å². The molecule has 0 aliphatic heterocycles. The summed E-state index contributed by atoms with van der Waals surface area (Å²) in [5, 5.41) is 0. The van der Waals surface area contributed by atoms with Gasteiger partial charge in [0.1, 0.15) is 0 Å². The second-order valence-corrected chi connectivity index (χ2v) is 9.81. The number of allylic oxidation sites excluding steroid dienone is 2. The van der Waals surface area contributed by atoms with Gasteiger partial charge in [0.05, 0.1) is 0 Å². The lowest BCUT2D eigenvalue weighted by Gasteiger charge is -2.02. The van der Waals surface area contributed by atoms with Crippen molar-refractivity contribution in [2.24, 2.45) is 0 Å². The fraction of sp³-hybridized carbons (Fsp3) is 0.850. The molecule has 125 valence electrons. The van der Waals surface area contributed by atoms with E-state index < -0.39 is 8.80 Å². The maximum Gasteiger partial charge on any atom is 0.0336 e. The summed E-state index contributed by atoms with van der Waals surface area (Å²) >= 11 is 0. The van der Waals surface area contributed by atoms with Crippen molar-refractivity contribution in [3.05, 3.63) is 18.2 Å². The van der Waals surface area contributed by atoms with Gasteiger partial charge in [0, 0.05) is 8.80 Å². The quantitative estimate of drug-likeness (QED) is 0.160. The highest BCUT2D eigenvalue weighted by Gasteiger charge is 1.95. The van der Waals surface area contributed by atoms with Gasteiger partial charge in [-0.15, -0.1) is 0 Å². The average Bonchev–Trinajstić information content (AvgIpc) is 2.46. The second-order valence-electron chi connectivity index (χ2n) is 6.85. The van der Waals surface area contributed by atoms with Crippen LogP contribution in [0.3, 0.4) is 0 Å². The van der Waals surface area contributed by atoms with E-state index in [-0.39, 0.29) is 0 Å². The minimum atomic E-state index is -0.398. The van der Waals surface area contributed by atoms with E-state index in [9.17, 15) is 0 Å². The molecule has 0 unspecified atom stereocenters. The first-order valence-electron chi connectivity index (χ1n) is 9.75. The summed E-state index contributed by atoms with van der Waals surface area (Å²) in [6.45, 7) is 7.11. The molecule has 0 saturated carbocycles. The van der Waals surface area contributed by atoms with Crippen LogP contribution in [0.25, 0.3) is 0 Å². The van der Waals surface area contributed by atoms with Crippen LogP contribution in [-0.4, -0.2) is 8.80 Å². The van der Waals surface area contributed by atoms with E-state index in [0.29, 0.717) is 0 Å². The van der Waals surface area contributed by atoms with Crippen molar-refractivity contribution in [3.8, 4) is 0 Å². The van der Waals surface area contributed by atoms with Crippen LogP contribution in [0.4, 0.5) is 0 Å². The summed E-state index contributed by atoms with van der Waals surface area (Å²) in [7, 11) is -0.398. The van der Waals surface area contributed by atoms with Crippen LogP contribution in [0.1, 0.15) is 96.8 Å². The Kier molecular flexibility index (Phi) is 18.0. The molecule has 21 heavy (non-hydrogen) atoms. The van der Waals surface area contributed by atoms with E-state index in [1.165, 1.54) is 89.9 Å². The molecule has 0 nitrogen and oxygen atoms in total. The molecule has 0 heterocycles. The summed E-state index contributed by atoms with van der Waals surface area (Å²) in [4.78, 5) is 0. The monoisotopic (exact) mass is 309 g/mol. The lowest BCUT2D eigenvalue weighted by molar-refractivity contribution is 0.609. The fourth-order valence-electron chi connectivity index (χ4n) is 2.67. The van der Waals surface area contributed by atoms with Gasteiger partial charge < -0.3 is 0 Å². The topological polar surface area (TPSA) is 0 Å². The normalized spacial score (nSPS) is 11.8. The molecule has 0 saturated heterocycles. The zero-order chi connectivity index (χ0) is 15.6. The summed E-state index contributed by atoms with van der Waals surface area (Å²) in [6, 6.07) is 2.59. The van der Waals surface area contributed by atoms with Crippen LogP contribution < -0.4 is 0 Å². The van der Waals surface area contributed by atoms with Gasteiger partial charge in [-0.25, -0.2) is 0 Å². The largest absolute Gasteiger partial charge is 0.0885 e. The minimum Gasteiger partial charge on any atom is -0.0885 e. The van der Waals surface area contributed by atoms with E-state index in [1.807, 2.05) is 0 Å². The second kappa shape index (κ2) is 18.0. The van der Waals surface area contributed by atoms with Crippen LogP contribution in [-0.2, 0) is 0 Å². The van der Waals surface area contributed by atoms with Gasteiger partial charge in [-0.1, -0.05) is 96.4 Å². The van der Waals surface area contributed by atoms with E-state index in [2.05, 4.69) is 38.2 Å². The van der Waals surface area contributed by atoms with Gasteiger partial charge >= 0.3 is 0 Å². The lowest BCUT2D eigenvalue weighted by atomic mass is 10.1. The number of rotatable bonds is 16. The molecule has 0 aromatic carbocycles. The summed E-state index contributed by atoms with van der Waals surface area (Å²) in [5.41, 5.74) is 0. The Labute approximate surface area is 137 Å². The summed E-state index contributed by atoms with van der Waals surface area (Å²) < 4.78 is 0. The van der Waals surface area contributed by atoms with Crippen LogP contribution in [0.2, 0.25) is 13.1 Å². The van der Waals surface area contributed by atoms with Crippen LogP contribution >= 0.6 is 0 Å². The molecular formula is C20H41Si. The van der Waals surface area contributed by atoms with Gasteiger partial charge in [-0.05, 0) is 31.7 Å². The SMILES string of the molecule is CCCCCCCC/C=C\CCCCCCC[CH][SiH](C)C. The van der Waals surface area contributed by atoms with Gasteiger partial charge in [0.15, 0.2) is 0 Å². The van der Waals surface area contributed by atoms with Crippen molar-refractivity contribution >= 4 is 8.80 Å². The third kappa shape index (κ3) is 20.0. The summed E-state index contributed by atoms with van der Waals surface area (Å²) in [6.07, 6.45) is 24.5. The maximum atomic E-state index is 2.59. The van der Waals surface area contributed by atoms with Crippen LogP contribution in [0, 0.1) is 6.04 Å². The molecule has 1 heteroatoms. The van der Waals surface area contributed by atoms with E-state index in [0.717, 1.165) is 0 Å². The predicted octanol–water partition coefficient (Wildman–Crippen LogP) is 7.25. The Bertz CT molecular complexity index is 208. The molecule has 0 atom stereocenters. The molecule has 0 rings (SSSR count). The van der Waals surface area contributed by atoms with Crippen molar-refractivity contribution in [3.63, 3.8) is 0 Å². The Balaban J connectivity index is 3.05. The molecule has 0 amide bonds. The highest BCUT2D eigenvalue weighted by Crippen LogP contribution is 2.10. The minimum absolute atomic E-state index is 0.398. The van der Waals surface area contributed by atoms with E-state index in [1.54, 1.807) is 0 Å². The Morgan fingerprint density at radius 1 is 0.571 bits per heavy atom. The molecule has 0 aromatic heterocycles. The third-order valence-corrected chi connectivity index (χ3v) is 5.38. The number of unbranched alkanes of at least 4 members (excludes halogenated alkanes) is 12. The fourth-order valence-corrected chi connectivity index (χ4v) is 3.57. The van der Waals surface area contributed by atoms with Crippen LogP contribution in [0.5, 0.6) is 0 Å². The van der Waals surface area contributed by atoms with Gasteiger partial charge in [0.25, 0.3) is 0 Å². The molecule has 0 aliphatic rings. The zero-order valence-electron chi connectivity index (χ0n) is 15.2. The highest BCUT2D eigenvalue weighted by atomic mass is 28.3. The zero-order valence-corrected chi connectivity index (χ0v) is 16.4. The summed E-state index contributed by atoms with van der Waals surface area (Å²) in [5.74, 6) is 0. The van der Waals surface area contributed by atoms with Crippen molar-refractivity contribution in [2.75, 3.05) is 0 Å². The highest BCUT2D eigenvalue weighted by molar-refractivity contribution is 6.59. The van der Waals surface area contributed by atoms with Crippen LogP contribution in [0.15, 0.2) is 12.2 Å². The first kappa shape index (κ1) is 21.0. The van der Waals surface area contributed by atoms with Gasteiger partial charge in [-0.2, -0.15) is 0 Å². The number of hydrogen-bond donors (Lipinski definition) is 0. The molecule has 0 N–H and O–H groups in total. The Morgan fingerprint density at radius 3 is 1.48 bits per heavy atom. The Hall–Kier alpha value is -0.0431. The molecule has 0 aromatic rings. The molecule has 0 aliphatic carbocycles. The van der Waals surface area contributed by atoms with Gasteiger partial charge in [-0.3, -0.25) is 0 Å². The first-order chi connectivity index (χ1) is 10.3. The van der Waals surface area contributed by atoms with E-state index in [4.69, 9.17) is 0 Å². The standard InChI is InChI=1S/C20H41Si/c1-4-5-6-7-8-9-10-11-12-13-14-15-16-17-18-19-20-21(2)3/h11-12,20-21H,4-10,13-19H2,1-3H3/b12-11-. The predicted molar refractivity (Wildman–Crippen MR) is 103 cm³/mol. The Morgan fingerprint density at radius 2 is 1.00 bits per heavy atom. The van der Waals surface area contributed by atoms with Crippen molar-refractivity contribution in [1.29, 1.82) is 0 Å². The third-order valence-electron chi connectivity index (χ3n) is 4.10. The molecule has 1 radical (unpaired) electrons. The van der Waals surface area contributed by atoms with Crippen molar-refractivity contribution < 1.29 is 0 Å². The molecular weight excluding hydrogens is 268 g/mol. The van der Waals surface area contributed by atoms with E-state index >= 15 is 0 Å². The average molecular weight is 310 g/mol. The maximum absolute atomic E-state index is 2.59. The molecule has 0 spiro atoms. The number of hydrogen-bond acceptors (Lipinski definition) is 0. The first-order valence-corrected chi connectivity index (χ1v) is 12.7.